The van der Waals surface area contributed by atoms with Crippen LogP contribution in [-0.4, -0.2) is 17.6 Å². The van der Waals surface area contributed by atoms with Gasteiger partial charge in [-0.2, -0.15) is 13.2 Å². The Labute approximate surface area is 89.2 Å². The van der Waals surface area contributed by atoms with E-state index in [2.05, 4.69) is 9.72 Å². The molecule has 16 heavy (non-hydrogen) atoms. The van der Waals surface area contributed by atoms with Gasteiger partial charge < -0.3 is 10.5 Å². The van der Waals surface area contributed by atoms with Gasteiger partial charge in [0, 0.05) is 0 Å². The van der Waals surface area contributed by atoms with Crippen molar-refractivity contribution in [2.45, 2.75) is 13.1 Å². The van der Waals surface area contributed by atoms with E-state index in [0.717, 1.165) is 0 Å². The monoisotopic (exact) mass is 234 g/mol. The summed E-state index contributed by atoms with van der Waals surface area (Å²) >= 11 is 0. The first-order valence-corrected chi connectivity index (χ1v) is 4.36. The molecular formula is C9H9F3N2O2. The van der Waals surface area contributed by atoms with Crippen LogP contribution in [0, 0.1) is 0 Å². The fourth-order valence-corrected chi connectivity index (χ4v) is 1.03. The zero-order valence-electron chi connectivity index (χ0n) is 8.34. The maximum absolute atomic E-state index is 12.4. The Kier molecular flexibility index (Phi) is 3.36. The molecule has 0 amide bonds. The fraction of sp³-hybridized carbons (Fsp3) is 0.333. The zero-order valence-corrected chi connectivity index (χ0v) is 8.34. The molecular weight excluding hydrogens is 225 g/mol. The number of esters is 1. The summed E-state index contributed by atoms with van der Waals surface area (Å²) in [6, 6.07) is 1.26. The van der Waals surface area contributed by atoms with Crippen LogP contribution in [0.3, 0.4) is 0 Å². The summed E-state index contributed by atoms with van der Waals surface area (Å²) in [5, 5.41) is 0. The Morgan fingerprint density at radius 2 is 2.12 bits per heavy atom. The van der Waals surface area contributed by atoms with E-state index >= 15 is 0 Å². The van der Waals surface area contributed by atoms with E-state index in [1.54, 1.807) is 0 Å². The number of carbonyl (C=O) groups excluding carboxylic acids is 1. The minimum atomic E-state index is -4.57. The van der Waals surface area contributed by atoms with E-state index in [1.807, 2.05) is 0 Å². The summed E-state index contributed by atoms with van der Waals surface area (Å²) in [6.45, 7) is 1.59. The van der Waals surface area contributed by atoms with E-state index < -0.39 is 23.4 Å². The molecule has 0 aliphatic carbocycles. The number of nitrogen functional groups attached to an aromatic ring is 1. The molecule has 0 fully saturated rings. The predicted molar refractivity (Wildman–Crippen MR) is 49.6 cm³/mol. The van der Waals surface area contributed by atoms with Crippen LogP contribution in [0.4, 0.5) is 19.0 Å². The van der Waals surface area contributed by atoms with Crippen molar-refractivity contribution in [2.24, 2.45) is 0 Å². The Morgan fingerprint density at radius 3 is 2.62 bits per heavy atom. The number of pyridine rings is 1. The highest BCUT2D eigenvalue weighted by atomic mass is 19.4. The van der Waals surface area contributed by atoms with Crippen LogP contribution < -0.4 is 5.73 Å². The van der Waals surface area contributed by atoms with Gasteiger partial charge in [-0.3, -0.25) is 0 Å². The predicted octanol–water partition coefficient (Wildman–Crippen LogP) is 1.86. The molecule has 0 saturated heterocycles. The lowest BCUT2D eigenvalue weighted by Gasteiger charge is -2.09. The van der Waals surface area contributed by atoms with E-state index in [-0.39, 0.29) is 12.4 Å². The van der Waals surface area contributed by atoms with Crippen molar-refractivity contribution in [3.8, 4) is 0 Å². The summed E-state index contributed by atoms with van der Waals surface area (Å²) in [5.41, 5.74) is 3.70. The lowest BCUT2D eigenvalue weighted by Crippen LogP contribution is -2.13. The smallest absolute Gasteiger partial charge is 0.416 e. The summed E-state index contributed by atoms with van der Waals surface area (Å²) in [6.07, 6.45) is -4.57. The van der Waals surface area contributed by atoms with Crippen molar-refractivity contribution in [2.75, 3.05) is 12.3 Å². The fourth-order valence-electron chi connectivity index (χ4n) is 1.03. The van der Waals surface area contributed by atoms with E-state index in [1.165, 1.54) is 6.92 Å². The number of hydrogen-bond acceptors (Lipinski definition) is 4. The maximum atomic E-state index is 12.4. The van der Waals surface area contributed by atoms with Gasteiger partial charge in [-0.05, 0) is 19.1 Å². The molecule has 1 rings (SSSR count). The van der Waals surface area contributed by atoms with Crippen LogP contribution in [-0.2, 0) is 10.9 Å². The van der Waals surface area contributed by atoms with Crippen molar-refractivity contribution in [3.05, 3.63) is 23.4 Å². The van der Waals surface area contributed by atoms with Gasteiger partial charge in [-0.1, -0.05) is 0 Å². The van der Waals surface area contributed by atoms with Crippen molar-refractivity contribution in [1.29, 1.82) is 0 Å². The summed E-state index contributed by atoms with van der Waals surface area (Å²) in [4.78, 5) is 14.6. The van der Waals surface area contributed by atoms with Gasteiger partial charge in [0.15, 0.2) is 5.69 Å². The molecule has 0 bridgehead atoms. The van der Waals surface area contributed by atoms with Gasteiger partial charge in [0.05, 0.1) is 12.2 Å². The van der Waals surface area contributed by atoms with Gasteiger partial charge in [-0.15, -0.1) is 0 Å². The number of aromatic nitrogens is 1. The molecule has 0 atom stereocenters. The first-order valence-electron chi connectivity index (χ1n) is 4.36. The second kappa shape index (κ2) is 4.38. The number of alkyl halides is 3. The lowest BCUT2D eigenvalue weighted by atomic mass is 10.2. The summed E-state index contributed by atoms with van der Waals surface area (Å²) in [5.74, 6) is -1.31. The van der Waals surface area contributed by atoms with Gasteiger partial charge >= 0.3 is 12.1 Å². The largest absolute Gasteiger partial charge is 0.461 e. The van der Waals surface area contributed by atoms with Crippen molar-refractivity contribution < 1.29 is 22.7 Å². The van der Waals surface area contributed by atoms with Gasteiger partial charge in [-0.25, -0.2) is 9.78 Å². The highest BCUT2D eigenvalue weighted by Gasteiger charge is 2.32. The minimum absolute atomic E-state index is 0.0522. The van der Waals surface area contributed by atoms with Crippen LogP contribution in [0.2, 0.25) is 0 Å². The molecule has 0 aliphatic rings. The molecule has 4 nitrogen and oxygen atoms in total. The number of rotatable bonds is 2. The Morgan fingerprint density at radius 1 is 1.50 bits per heavy atom. The number of nitrogens with two attached hydrogens (primary N) is 1. The maximum Gasteiger partial charge on any atom is 0.416 e. The SMILES string of the molecule is CCOC(=O)c1cc(C(F)(F)F)cc(N)n1. The van der Waals surface area contributed by atoms with E-state index in [0.29, 0.717) is 12.1 Å². The molecule has 0 aliphatic heterocycles. The van der Waals surface area contributed by atoms with Crippen molar-refractivity contribution in [3.63, 3.8) is 0 Å². The first kappa shape index (κ1) is 12.3. The second-order valence-corrected chi connectivity index (χ2v) is 2.88. The number of carbonyl (C=O) groups is 1. The quantitative estimate of drug-likeness (QED) is 0.793. The lowest BCUT2D eigenvalue weighted by molar-refractivity contribution is -0.137. The molecule has 1 heterocycles. The molecule has 7 heteroatoms. The molecule has 0 aromatic carbocycles. The molecule has 0 spiro atoms. The highest BCUT2D eigenvalue weighted by Crippen LogP contribution is 2.30. The number of nitrogens with zero attached hydrogens (tertiary/aromatic N) is 1. The first-order chi connectivity index (χ1) is 7.34. The molecule has 1 aromatic heterocycles. The number of anilines is 1. The van der Waals surface area contributed by atoms with Crippen LogP contribution >= 0.6 is 0 Å². The average molecular weight is 234 g/mol. The average Bonchev–Trinajstić information content (AvgIpc) is 2.16. The molecule has 0 unspecified atom stereocenters. The second-order valence-electron chi connectivity index (χ2n) is 2.88. The molecule has 2 N–H and O–H groups in total. The van der Waals surface area contributed by atoms with Gasteiger partial charge in [0.1, 0.15) is 5.82 Å². The van der Waals surface area contributed by atoms with Crippen LogP contribution in [0.25, 0.3) is 0 Å². The summed E-state index contributed by atoms with van der Waals surface area (Å²) in [7, 11) is 0. The van der Waals surface area contributed by atoms with Gasteiger partial charge in [0.2, 0.25) is 0 Å². The Bertz CT molecular complexity index is 404. The van der Waals surface area contributed by atoms with Crippen LogP contribution in [0.15, 0.2) is 12.1 Å². The van der Waals surface area contributed by atoms with Crippen molar-refractivity contribution in [1.82, 2.24) is 4.98 Å². The molecule has 88 valence electrons. The Balaban J connectivity index is 3.13. The van der Waals surface area contributed by atoms with Gasteiger partial charge in [0.25, 0.3) is 0 Å². The third kappa shape index (κ3) is 2.85. The van der Waals surface area contributed by atoms with E-state index in [4.69, 9.17) is 5.73 Å². The number of hydrogen-bond donors (Lipinski definition) is 1. The van der Waals surface area contributed by atoms with Crippen molar-refractivity contribution >= 4 is 11.8 Å². The van der Waals surface area contributed by atoms with Crippen LogP contribution in [0.1, 0.15) is 23.0 Å². The minimum Gasteiger partial charge on any atom is -0.461 e. The zero-order chi connectivity index (χ0) is 12.3. The van der Waals surface area contributed by atoms with Crippen LogP contribution in [0.5, 0.6) is 0 Å². The standard InChI is InChI=1S/C9H9F3N2O2/c1-2-16-8(15)6-3-5(9(10,11)12)4-7(13)14-6/h3-4H,2H2,1H3,(H2,13,14). The van der Waals surface area contributed by atoms with E-state index in [9.17, 15) is 18.0 Å². The topological polar surface area (TPSA) is 65.2 Å². The number of ether oxygens (including phenoxy) is 1. The summed E-state index contributed by atoms with van der Waals surface area (Å²) < 4.78 is 41.6. The number of halogens is 3. The normalized spacial score (nSPS) is 11.2. The molecule has 0 radical (unpaired) electrons. The molecule has 1 aromatic rings. The third-order valence-corrected chi connectivity index (χ3v) is 1.66. The third-order valence-electron chi connectivity index (χ3n) is 1.66. The Hall–Kier alpha value is -1.79. The molecule has 0 saturated carbocycles. The highest BCUT2D eigenvalue weighted by molar-refractivity contribution is 5.87.